The molecule has 6 nitrogen and oxygen atoms in total. The third-order valence-corrected chi connectivity index (χ3v) is 5.57. The molecular weight excluding hydrogens is 359 g/mol. The van der Waals surface area contributed by atoms with Crippen molar-refractivity contribution in [1.82, 2.24) is 21.3 Å². The molecule has 1 saturated carbocycles. The first kappa shape index (κ1) is 17.5. The van der Waals surface area contributed by atoms with Gasteiger partial charge in [-0.25, -0.2) is 4.39 Å². The van der Waals surface area contributed by atoms with Gasteiger partial charge >= 0.3 is 0 Å². The molecule has 1 aromatic carbocycles. The molecule has 3 N–H and O–H groups in total. The number of hydrogen-bond acceptors (Lipinski definition) is 5. The van der Waals surface area contributed by atoms with Gasteiger partial charge in [0.2, 0.25) is 0 Å². The van der Waals surface area contributed by atoms with Crippen LogP contribution in [0, 0.1) is 18.7 Å². The summed E-state index contributed by atoms with van der Waals surface area (Å²) in [6.07, 6.45) is 2.79. The zero-order valence-corrected chi connectivity index (χ0v) is 15.1. The van der Waals surface area contributed by atoms with Gasteiger partial charge in [-0.05, 0) is 44.2 Å². The Balaban J connectivity index is 1.58. The topological polar surface area (TPSA) is 79.2 Å². The number of fused-ring (bicyclic) bond motifs is 1. The van der Waals surface area contributed by atoms with E-state index in [0.717, 1.165) is 25.8 Å². The van der Waals surface area contributed by atoms with E-state index in [4.69, 9.17) is 16.1 Å². The maximum Gasteiger partial charge on any atom is 0.257 e. The highest BCUT2D eigenvalue weighted by Crippen LogP contribution is 2.34. The van der Waals surface area contributed by atoms with E-state index in [0.29, 0.717) is 17.7 Å². The number of hydrazine groups is 1. The first-order chi connectivity index (χ1) is 12.5. The number of nitrogens with one attached hydrogen (secondary N) is 3. The maximum absolute atomic E-state index is 14.3. The van der Waals surface area contributed by atoms with E-state index in [1.807, 2.05) is 0 Å². The summed E-state index contributed by atoms with van der Waals surface area (Å²) < 4.78 is 19.5. The predicted octanol–water partition coefficient (Wildman–Crippen LogP) is 2.82. The zero-order valence-electron chi connectivity index (χ0n) is 14.3. The molecule has 1 aliphatic heterocycles. The van der Waals surface area contributed by atoms with Gasteiger partial charge in [0.1, 0.15) is 22.8 Å². The number of rotatable bonds is 3. The maximum atomic E-state index is 14.3. The Morgan fingerprint density at radius 1 is 1.42 bits per heavy atom. The Hall–Kier alpha value is -1.96. The molecule has 8 heteroatoms. The molecule has 3 atom stereocenters. The minimum absolute atomic E-state index is 0.0729. The summed E-state index contributed by atoms with van der Waals surface area (Å²) in [5, 5.41) is 7.15. The second-order valence-corrected chi connectivity index (χ2v) is 7.34. The molecule has 1 amide bonds. The zero-order chi connectivity index (χ0) is 18.3. The van der Waals surface area contributed by atoms with Crippen LogP contribution in [0.5, 0.6) is 0 Å². The predicted molar refractivity (Wildman–Crippen MR) is 95.2 cm³/mol. The number of aryl methyl sites for hydroxylation is 1. The van der Waals surface area contributed by atoms with Crippen LogP contribution >= 0.6 is 11.6 Å². The van der Waals surface area contributed by atoms with E-state index in [1.165, 1.54) is 12.1 Å². The summed E-state index contributed by atoms with van der Waals surface area (Å²) in [6, 6.07) is 4.90. The Kier molecular flexibility index (Phi) is 4.69. The molecule has 4 rings (SSSR count). The van der Waals surface area contributed by atoms with Crippen molar-refractivity contribution in [2.24, 2.45) is 5.92 Å². The number of halogens is 2. The summed E-state index contributed by atoms with van der Waals surface area (Å²) >= 11 is 6.14. The summed E-state index contributed by atoms with van der Waals surface area (Å²) in [5.41, 5.74) is 6.91. The fourth-order valence-corrected chi connectivity index (χ4v) is 4.18. The largest absolute Gasteiger partial charge is 0.360 e. The molecule has 1 saturated heterocycles. The van der Waals surface area contributed by atoms with Gasteiger partial charge in [-0.2, -0.15) is 0 Å². The van der Waals surface area contributed by atoms with Crippen LogP contribution < -0.4 is 16.2 Å². The number of carbonyl (C=O) groups is 1. The van der Waals surface area contributed by atoms with E-state index in [9.17, 15) is 9.18 Å². The average Bonchev–Trinajstić information content (AvgIpc) is 3.21. The Morgan fingerprint density at radius 3 is 3.08 bits per heavy atom. The van der Waals surface area contributed by atoms with E-state index in [-0.39, 0.29) is 33.8 Å². The van der Waals surface area contributed by atoms with E-state index in [1.54, 1.807) is 13.0 Å². The third-order valence-electron chi connectivity index (χ3n) is 5.26. The highest BCUT2D eigenvalue weighted by atomic mass is 35.5. The van der Waals surface area contributed by atoms with Crippen LogP contribution in [0.3, 0.4) is 0 Å². The second kappa shape index (κ2) is 6.98. The number of nitrogens with zero attached hydrogens (tertiary/aromatic N) is 1. The highest BCUT2D eigenvalue weighted by molar-refractivity contribution is 6.33. The first-order valence-corrected chi connectivity index (χ1v) is 9.12. The molecule has 26 heavy (non-hydrogen) atoms. The Morgan fingerprint density at radius 2 is 2.27 bits per heavy atom. The monoisotopic (exact) mass is 378 g/mol. The molecule has 2 fully saturated rings. The molecule has 2 heterocycles. The van der Waals surface area contributed by atoms with Gasteiger partial charge in [0.05, 0.1) is 10.6 Å². The number of benzene rings is 1. The molecule has 2 aromatic rings. The van der Waals surface area contributed by atoms with Crippen molar-refractivity contribution in [3.05, 3.63) is 40.4 Å². The lowest BCUT2D eigenvalue weighted by Crippen LogP contribution is -2.44. The van der Waals surface area contributed by atoms with Gasteiger partial charge in [-0.1, -0.05) is 22.8 Å². The first-order valence-electron chi connectivity index (χ1n) is 8.74. The van der Waals surface area contributed by atoms with Crippen LogP contribution in [0.1, 0.15) is 35.4 Å². The lowest BCUT2D eigenvalue weighted by molar-refractivity contribution is 0.0917. The lowest BCUT2D eigenvalue weighted by atomic mass is 9.83. The van der Waals surface area contributed by atoms with Crippen molar-refractivity contribution >= 4 is 17.5 Å². The molecule has 3 unspecified atom stereocenters. The molecular formula is C18H20ClFN4O2. The normalized spacial score (nSPS) is 25.1. The molecule has 0 spiro atoms. The fourth-order valence-electron chi connectivity index (χ4n) is 3.92. The van der Waals surface area contributed by atoms with Crippen molar-refractivity contribution < 1.29 is 13.7 Å². The fraction of sp³-hybridized carbons (Fsp3) is 0.444. The van der Waals surface area contributed by atoms with Crippen molar-refractivity contribution in [1.29, 1.82) is 0 Å². The summed E-state index contributed by atoms with van der Waals surface area (Å²) in [5.74, 6) is -0.00305. The van der Waals surface area contributed by atoms with E-state index >= 15 is 0 Å². The lowest BCUT2D eigenvalue weighted by Gasteiger charge is -2.31. The van der Waals surface area contributed by atoms with E-state index in [2.05, 4.69) is 21.3 Å². The summed E-state index contributed by atoms with van der Waals surface area (Å²) in [4.78, 5) is 12.9. The van der Waals surface area contributed by atoms with Gasteiger partial charge in [0.25, 0.3) is 5.91 Å². The molecule has 1 aliphatic carbocycles. The SMILES string of the molecule is Cc1onc(-c2c(F)cccc2Cl)c1C(=O)NC1CCC2NNCC2C1. The van der Waals surface area contributed by atoms with Crippen LogP contribution in [0.25, 0.3) is 11.3 Å². The minimum Gasteiger partial charge on any atom is -0.360 e. The van der Waals surface area contributed by atoms with E-state index < -0.39 is 5.82 Å². The van der Waals surface area contributed by atoms with Crippen molar-refractivity contribution in [2.75, 3.05) is 6.54 Å². The Labute approximate surface area is 155 Å². The summed E-state index contributed by atoms with van der Waals surface area (Å²) in [6.45, 7) is 2.54. The van der Waals surface area contributed by atoms with Crippen molar-refractivity contribution in [3.8, 4) is 11.3 Å². The number of amides is 1. The highest BCUT2D eigenvalue weighted by Gasteiger charge is 2.35. The van der Waals surface area contributed by atoms with Crippen molar-refractivity contribution in [2.45, 2.75) is 38.3 Å². The van der Waals surface area contributed by atoms with Gasteiger partial charge in [-0.3, -0.25) is 15.6 Å². The minimum atomic E-state index is -0.538. The van der Waals surface area contributed by atoms with Crippen LogP contribution in [0.4, 0.5) is 4.39 Å². The Bertz CT molecular complexity index is 820. The quantitative estimate of drug-likeness (QED) is 0.765. The number of carbonyl (C=O) groups excluding carboxylic acids is 1. The van der Waals surface area contributed by atoms with Crippen LogP contribution in [0.2, 0.25) is 5.02 Å². The van der Waals surface area contributed by atoms with Gasteiger partial charge < -0.3 is 9.84 Å². The smallest absolute Gasteiger partial charge is 0.257 e. The average molecular weight is 379 g/mol. The third kappa shape index (κ3) is 3.11. The molecule has 2 aliphatic rings. The van der Waals surface area contributed by atoms with Gasteiger partial charge in [0.15, 0.2) is 0 Å². The standard InChI is InChI=1S/C18H20ClFN4O2/c1-9-15(17(24-26-9)16-12(19)3-2-4-13(16)20)18(25)22-11-5-6-14-10(7-11)8-21-23-14/h2-4,10-11,14,21,23H,5-8H2,1H3,(H,22,25). The second-order valence-electron chi connectivity index (χ2n) is 6.93. The molecule has 0 radical (unpaired) electrons. The van der Waals surface area contributed by atoms with Gasteiger partial charge in [-0.15, -0.1) is 0 Å². The van der Waals surface area contributed by atoms with Gasteiger partial charge in [0, 0.05) is 18.6 Å². The van der Waals surface area contributed by atoms with Crippen LogP contribution in [-0.2, 0) is 0 Å². The number of hydrogen-bond donors (Lipinski definition) is 3. The van der Waals surface area contributed by atoms with Crippen molar-refractivity contribution in [3.63, 3.8) is 0 Å². The molecule has 1 aromatic heterocycles. The molecule has 138 valence electrons. The van der Waals surface area contributed by atoms with Crippen LogP contribution in [0.15, 0.2) is 22.7 Å². The number of aromatic nitrogens is 1. The molecule has 0 bridgehead atoms. The summed E-state index contributed by atoms with van der Waals surface area (Å²) in [7, 11) is 0. The van der Waals surface area contributed by atoms with Crippen LogP contribution in [-0.4, -0.2) is 29.7 Å².